The molecule has 2 heterocycles. The number of nitrogens with zero attached hydrogens (tertiary/aromatic N) is 2. The van der Waals surface area contributed by atoms with E-state index in [1.165, 1.54) is 0 Å². The molecule has 2 aromatic rings. The minimum atomic E-state index is -1.00. The predicted molar refractivity (Wildman–Crippen MR) is 101 cm³/mol. The van der Waals surface area contributed by atoms with Crippen LogP contribution in [0.5, 0.6) is 5.75 Å². The highest BCUT2D eigenvalue weighted by Crippen LogP contribution is 2.50. The van der Waals surface area contributed by atoms with Crippen LogP contribution in [0.3, 0.4) is 0 Å². The Kier molecular flexibility index (Phi) is 3.94. The van der Waals surface area contributed by atoms with Gasteiger partial charge in [-0.15, -0.1) is 0 Å². The van der Waals surface area contributed by atoms with Crippen LogP contribution in [-0.4, -0.2) is 23.3 Å². The van der Waals surface area contributed by atoms with Gasteiger partial charge in [0.2, 0.25) is 0 Å². The summed E-state index contributed by atoms with van der Waals surface area (Å²) in [5.41, 5.74) is 8.08. The maximum atomic E-state index is 13.4. The lowest BCUT2D eigenvalue weighted by Crippen LogP contribution is -2.45. The van der Waals surface area contributed by atoms with Crippen LogP contribution in [0, 0.1) is 6.92 Å². The number of guanidine groups is 1. The largest absolute Gasteiger partial charge is 0.485 e. The summed E-state index contributed by atoms with van der Waals surface area (Å²) in [4.78, 5) is 19.7. The number of rotatable bonds is 3. The first kappa shape index (κ1) is 16.6. The zero-order valence-electron chi connectivity index (χ0n) is 15.1. The molecule has 0 radical (unpaired) electrons. The summed E-state index contributed by atoms with van der Waals surface area (Å²) >= 11 is 0. The number of carbonyl (C=O) groups is 1. The normalized spacial score (nSPS) is 24.4. The number of hydrogen-bond donors (Lipinski definition) is 1. The Morgan fingerprint density at radius 2 is 2.04 bits per heavy atom. The van der Waals surface area contributed by atoms with E-state index in [0.29, 0.717) is 24.7 Å². The molecule has 0 aromatic heterocycles. The van der Waals surface area contributed by atoms with Crippen LogP contribution in [0.2, 0.25) is 0 Å². The van der Waals surface area contributed by atoms with Crippen molar-refractivity contribution in [2.75, 3.05) is 6.54 Å². The number of hydrogen-bond acceptors (Lipinski definition) is 4. The third kappa shape index (κ3) is 2.46. The topological polar surface area (TPSA) is 67.9 Å². The maximum Gasteiger partial charge on any atom is 0.262 e. The lowest BCUT2D eigenvalue weighted by molar-refractivity contribution is -0.133. The fourth-order valence-corrected chi connectivity index (χ4v) is 3.88. The Bertz CT molecular complexity index is 878. The molecule has 0 saturated carbocycles. The van der Waals surface area contributed by atoms with E-state index in [4.69, 9.17) is 15.5 Å². The van der Waals surface area contributed by atoms with Gasteiger partial charge in [0.15, 0.2) is 11.5 Å². The van der Waals surface area contributed by atoms with Crippen molar-refractivity contribution >= 4 is 11.9 Å². The van der Waals surface area contributed by atoms with E-state index < -0.39 is 5.54 Å². The SMILES string of the molecule is CCCN1C(=O)C2(CC(c3ccccc3)Oc3ccc(C)cc32)N=C1N. The van der Waals surface area contributed by atoms with Crippen LogP contribution in [0.25, 0.3) is 0 Å². The van der Waals surface area contributed by atoms with Crippen molar-refractivity contribution in [1.82, 2.24) is 4.90 Å². The van der Waals surface area contributed by atoms with E-state index in [0.717, 1.165) is 23.1 Å². The Hall–Kier alpha value is -2.82. The van der Waals surface area contributed by atoms with Crippen molar-refractivity contribution in [2.24, 2.45) is 10.7 Å². The standard InChI is InChI=1S/C21H23N3O2/c1-3-11-24-19(25)21(23-20(24)22)13-18(15-7-5-4-6-8-15)26-17-10-9-14(2)12-16(17)21/h4-10,12,18H,3,11,13H2,1-2H3,(H2,22,23). The molecule has 134 valence electrons. The highest BCUT2D eigenvalue weighted by molar-refractivity contribution is 6.07. The Balaban J connectivity index is 1.85. The number of aryl methyl sites for hydroxylation is 1. The number of fused-ring (bicyclic) bond motifs is 2. The molecular weight excluding hydrogens is 326 g/mol. The second-order valence-electron chi connectivity index (χ2n) is 7.01. The monoisotopic (exact) mass is 349 g/mol. The first-order valence-corrected chi connectivity index (χ1v) is 9.05. The molecule has 4 rings (SSSR count). The summed E-state index contributed by atoms with van der Waals surface area (Å²) in [5.74, 6) is 0.963. The van der Waals surface area contributed by atoms with Crippen molar-refractivity contribution in [3.05, 3.63) is 65.2 Å². The minimum Gasteiger partial charge on any atom is -0.485 e. The van der Waals surface area contributed by atoms with Gasteiger partial charge in [0.1, 0.15) is 11.9 Å². The van der Waals surface area contributed by atoms with Gasteiger partial charge in [0.25, 0.3) is 5.91 Å². The zero-order chi connectivity index (χ0) is 18.3. The van der Waals surface area contributed by atoms with Crippen molar-refractivity contribution in [2.45, 2.75) is 38.3 Å². The number of benzene rings is 2. The number of ether oxygens (including phenoxy) is 1. The van der Waals surface area contributed by atoms with Gasteiger partial charge in [-0.05, 0) is 31.0 Å². The maximum absolute atomic E-state index is 13.4. The molecule has 2 aliphatic heterocycles. The molecule has 2 aromatic carbocycles. The molecule has 26 heavy (non-hydrogen) atoms. The molecule has 5 nitrogen and oxygen atoms in total. The summed E-state index contributed by atoms with van der Waals surface area (Å²) < 4.78 is 6.26. The van der Waals surface area contributed by atoms with Gasteiger partial charge in [-0.25, -0.2) is 4.99 Å². The summed E-state index contributed by atoms with van der Waals surface area (Å²) in [6.07, 6.45) is 1.04. The van der Waals surface area contributed by atoms with E-state index in [2.05, 4.69) is 0 Å². The van der Waals surface area contributed by atoms with Crippen molar-refractivity contribution < 1.29 is 9.53 Å². The summed E-state index contributed by atoms with van der Waals surface area (Å²) in [7, 11) is 0. The molecule has 0 aliphatic carbocycles. The van der Waals surface area contributed by atoms with Gasteiger partial charge in [0.05, 0.1) is 0 Å². The molecular formula is C21H23N3O2. The lowest BCUT2D eigenvalue weighted by atomic mass is 9.79. The number of nitrogens with two attached hydrogens (primary N) is 1. The van der Waals surface area contributed by atoms with Crippen molar-refractivity contribution in [3.8, 4) is 5.75 Å². The fraction of sp³-hybridized carbons (Fsp3) is 0.333. The Morgan fingerprint density at radius 3 is 2.77 bits per heavy atom. The summed E-state index contributed by atoms with van der Waals surface area (Å²) in [6.45, 7) is 4.61. The molecule has 1 amide bonds. The quantitative estimate of drug-likeness (QED) is 0.924. The predicted octanol–water partition coefficient (Wildman–Crippen LogP) is 3.28. The van der Waals surface area contributed by atoms with E-state index in [1.54, 1.807) is 4.90 Å². The second-order valence-corrected chi connectivity index (χ2v) is 7.01. The number of amides is 1. The molecule has 0 fully saturated rings. The van der Waals surface area contributed by atoms with Crippen LogP contribution >= 0.6 is 0 Å². The molecule has 0 bridgehead atoms. The molecule has 2 atom stereocenters. The van der Waals surface area contributed by atoms with E-state index in [1.807, 2.05) is 62.4 Å². The zero-order valence-corrected chi connectivity index (χ0v) is 15.1. The average Bonchev–Trinajstić information content (AvgIpc) is 2.88. The molecule has 2 unspecified atom stereocenters. The first-order valence-electron chi connectivity index (χ1n) is 9.05. The van der Waals surface area contributed by atoms with Crippen molar-refractivity contribution in [1.29, 1.82) is 0 Å². The van der Waals surface area contributed by atoms with Crippen LogP contribution in [-0.2, 0) is 10.3 Å². The number of carbonyl (C=O) groups excluding carboxylic acids is 1. The van der Waals surface area contributed by atoms with Gasteiger partial charge in [0, 0.05) is 18.5 Å². The van der Waals surface area contributed by atoms with E-state index in [9.17, 15) is 4.79 Å². The summed E-state index contributed by atoms with van der Waals surface area (Å²) in [6, 6.07) is 15.9. The number of aliphatic imine (C=N–C) groups is 1. The van der Waals surface area contributed by atoms with Gasteiger partial charge in [-0.3, -0.25) is 9.69 Å². The van der Waals surface area contributed by atoms with Gasteiger partial charge < -0.3 is 10.5 Å². The Morgan fingerprint density at radius 1 is 1.27 bits per heavy atom. The van der Waals surface area contributed by atoms with Crippen LogP contribution in [0.4, 0.5) is 0 Å². The molecule has 2 aliphatic rings. The van der Waals surface area contributed by atoms with Gasteiger partial charge in [-0.2, -0.15) is 0 Å². The van der Waals surface area contributed by atoms with Crippen LogP contribution in [0.1, 0.15) is 42.6 Å². The Labute approximate surface area is 153 Å². The third-order valence-electron chi connectivity index (χ3n) is 5.13. The molecule has 2 N–H and O–H groups in total. The molecule has 1 spiro atoms. The van der Waals surface area contributed by atoms with E-state index in [-0.39, 0.29) is 12.0 Å². The smallest absolute Gasteiger partial charge is 0.262 e. The van der Waals surface area contributed by atoms with Crippen LogP contribution in [0.15, 0.2) is 53.5 Å². The fourth-order valence-electron chi connectivity index (χ4n) is 3.88. The average molecular weight is 349 g/mol. The second kappa shape index (κ2) is 6.16. The highest BCUT2D eigenvalue weighted by atomic mass is 16.5. The summed E-state index contributed by atoms with van der Waals surface area (Å²) in [5, 5.41) is 0. The molecule has 5 heteroatoms. The first-order chi connectivity index (χ1) is 12.5. The van der Waals surface area contributed by atoms with Crippen LogP contribution < -0.4 is 10.5 Å². The lowest BCUT2D eigenvalue weighted by Gasteiger charge is -2.37. The third-order valence-corrected chi connectivity index (χ3v) is 5.13. The molecule has 0 saturated heterocycles. The van der Waals surface area contributed by atoms with Crippen molar-refractivity contribution in [3.63, 3.8) is 0 Å². The van der Waals surface area contributed by atoms with Gasteiger partial charge in [-0.1, -0.05) is 48.9 Å². The minimum absolute atomic E-state index is 0.0482. The highest BCUT2D eigenvalue weighted by Gasteiger charge is 2.54. The van der Waals surface area contributed by atoms with Gasteiger partial charge >= 0.3 is 0 Å². The van der Waals surface area contributed by atoms with E-state index >= 15 is 0 Å².